The van der Waals surface area contributed by atoms with Crippen LogP contribution in [0.15, 0.2) is 53.9 Å². The van der Waals surface area contributed by atoms with Crippen LogP contribution in [0.25, 0.3) is 17.1 Å². The van der Waals surface area contributed by atoms with Gasteiger partial charge in [-0.2, -0.15) is 0 Å². The van der Waals surface area contributed by atoms with Crippen LogP contribution in [0.1, 0.15) is 17.5 Å². The predicted molar refractivity (Wildman–Crippen MR) is 118 cm³/mol. The number of anilines is 1. The molecule has 30 heavy (non-hydrogen) atoms. The van der Waals surface area contributed by atoms with Crippen LogP contribution in [-0.2, 0) is 11.2 Å². The van der Waals surface area contributed by atoms with Crippen molar-refractivity contribution in [2.24, 2.45) is 0 Å². The molecule has 0 unspecified atom stereocenters. The van der Waals surface area contributed by atoms with Gasteiger partial charge in [0.1, 0.15) is 5.01 Å². The fourth-order valence-electron chi connectivity index (χ4n) is 2.70. The maximum absolute atomic E-state index is 12.4. The number of carbonyl (C=O) groups is 1. The van der Waals surface area contributed by atoms with Gasteiger partial charge < -0.3 is 0 Å². The standard InChI is InChI=1S/C20H19N7OS2/c1-3-17-23-25-19(30-17)22-16(28)12-29-20-26-24-18(14-5-4-10-21-11-14)27(20)15-8-6-13(2)7-9-15/h4-11H,3,12H2,1-2H3,(H,22,25,28). The largest absolute Gasteiger partial charge is 0.300 e. The Morgan fingerprint density at radius 1 is 1.13 bits per heavy atom. The van der Waals surface area contributed by atoms with E-state index in [0.717, 1.165) is 28.2 Å². The van der Waals surface area contributed by atoms with Crippen LogP contribution < -0.4 is 5.32 Å². The molecule has 0 spiro atoms. The zero-order valence-corrected chi connectivity index (χ0v) is 18.1. The van der Waals surface area contributed by atoms with E-state index in [-0.39, 0.29) is 11.7 Å². The van der Waals surface area contributed by atoms with Gasteiger partial charge in [0.05, 0.1) is 5.75 Å². The molecule has 1 aromatic carbocycles. The van der Waals surface area contributed by atoms with E-state index in [1.807, 2.05) is 54.8 Å². The van der Waals surface area contributed by atoms with E-state index in [1.165, 1.54) is 23.1 Å². The van der Waals surface area contributed by atoms with Gasteiger partial charge in [-0.1, -0.05) is 47.7 Å². The van der Waals surface area contributed by atoms with Crippen molar-refractivity contribution in [3.05, 3.63) is 59.4 Å². The average Bonchev–Trinajstić information content (AvgIpc) is 3.40. The van der Waals surface area contributed by atoms with Gasteiger partial charge in [-0.25, -0.2) is 0 Å². The van der Waals surface area contributed by atoms with Gasteiger partial charge in [-0.05, 0) is 37.6 Å². The van der Waals surface area contributed by atoms with Gasteiger partial charge in [0, 0.05) is 23.6 Å². The molecular formula is C20H19N7OS2. The Balaban J connectivity index is 1.57. The molecule has 10 heteroatoms. The van der Waals surface area contributed by atoms with Crippen molar-refractivity contribution in [3.63, 3.8) is 0 Å². The summed E-state index contributed by atoms with van der Waals surface area (Å²) >= 11 is 2.70. The number of thioether (sulfide) groups is 1. The first-order valence-corrected chi connectivity index (χ1v) is 11.1. The van der Waals surface area contributed by atoms with Crippen molar-refractivity contribution in [1.82, 2.24) is 29.9 Å². The van der Waals surface area contributed by atoms with Crippen LogP contribution >= 0.6 is 23.1 Å². The Bertz CT molecular complexity index is 1140. The molecule has 0 aliphatic carbocycles. The highest BCUT2D eigenvalue weighted by Crippen LogP contribution is 2.28. The van der Waals surface area contributed by atoms with E-state index >= 15 is 0 Å². The number of benzene rings is 1. The molecule has 0 saturated heterocycles. The van der Waals surface area contributed by atoms with Crippen LogP contribution in [0.4, 0.5) is 5.13 Å². The van der Waals surface area contributed by atoms with Crippen molar-refractivity contribution in [2.45, 2.75) is 25.4 Å². The van der Waals surface area contributed by atoms with Gasteiger partial charge in [0.15, 0.2) is 11.0 Å². The molecule has 8 nitrogen and oxygen atoms in total. The number of nitrogens with one attached hydrogen (secondary N) is 1. The summed E-state index contributed by atoms with van der Waals surface area (Å²) in [5.41, 5.74) is 2.93. The van der Waals surface area contributed by atoms with E-state index < -0.39 is 0 Å². The molecule has 3 aromatic heterocycles. The molecule has 0 aliphatic heterocycles. The number of aryl methyl sites for hydroxylation is 2. The second-order valence-corrected chi connectivity index (χ2v) is 8.41. The number of aromatic nitrogens is 6. The first-order valence-electron chi connectivity index (χ1n) is 9.32. The second-order valence-electron chi connectivity index (χ2n) is 6.41. The molecule has 4 rings (SSSR count). The maximum Gasteiger partial charge on any atom is 0.236 e. The fraction of sp³-hybridized carbons (Fsp3) is 0.200. The molecule has 0 saturated carbocycles. The van der Waals surface area contributed by atoms with Crippen LogP contribution in [0, 0.1) is 6.92 Å². The zero-order chi connectivity index (χ0) is 20.9. The van der Waals surface area contributed by atoms with Gasteiger partial charge >= 0.3 is 0 Å². The van der Waals surface area contributed by atoms with Crippen molar-refractivity contribution in [1.29, 1.82) is 0 Å². The summed E-state index contributed by atoms with van der Waals surface area (Å²) in [6.07, 6.45) is 4.25. The molecule has 1 amide bonds. The molecule has 4 aromatic rings. The van der Waals surface area contributed by atoms with Crippen LogP contribution in [0.5, 0.6) is 0 Å². The smallest absolute Gasteiger partial charge is 0.236 e. The number of hydrogen-bond donors (Lipinski definition) is 1. The average molecular weight is 438 g/mol. The third-order valence-electron chi connectivity index (χ3n) is 4.19. The van der Waals surface area contributed by atoms with Crippen molar-refractivity contribution in [3.8, 4) is 17.1 Å². The first kappa shape index (κ1) is 20.2. The summed E-state index contributed by atoms with van der Waals surface area (Å²) in [6, 6.07) is 11.9. The number of nitrogens with zero attached hydrogens (tertiary/aromatic N) is 6. The summed E-state index contributed by atoms with van der Waals surface area (Å²) in [5, 5.41) is 21.5. The maximum atomic E-state index is 12.4. The Hall–Kier alpha value is -3.11. The lowest BCUT2D eigenvalue weighted by Crippen LogP contribution is -2.14. The van der Waals surface area contributed by atoms with Crippen LogP contribution in [-0.4, -0.2) is 41.6 Å². The lowest BCUT2D eigenvalue weighted by Gasteiger charge is -2.10. The minimum atomic E-state index is -0.166. The number of hydrogen-bond acceptors (Lipinski definition) is 8. The van der Waals surface area contributed by atoms with Gasteiger partial charge in [-0.15, -0.1) is 20.4 Å². The third kappa shape index (κ3) is 4.55. The molecule has 152 valence electrons. The molecule has 1 N–H and O–H groups in total. The topological polar surface area (TPSA) is 98.5 Å². The van der Waals surface area contributed by atoms with Gasteiger partial charge in [-0.3, -0.25) is 19.7 Å². The normalized spacial score (nSPS) is 10.9. The Labute approximate surface area is 181 Å². The zero-order valence-electron chi connectivity index (χ0n) is 16.4. The minimum absolute atomic E-state index is 0.166. The highest BCUT2D eigenvalue weighted by atomic mass is 32.2. The number of rotatable bonds is 7. The Kier molecular flexibility index (Phi) is 6.15. The summed E-state index contributed by atoms with van der Waals surface area (Å²) in [7, 11) is 0. The van der Waals surface area contributed by atoms with E-state index in [0.29, 0.717) is 16.1 Å². The van der Waals surface area contributed by atoms with Crippen LogP contribution in [0.2, 0.25) is 0 Å². The predicted octanol–water partition coefficient (Wildman–Crippen LogP) is 3.78. The Morgan fingerprint density at radius 2 is 1.97 bits per heavy atom. The third-order valence-corrected chi connectivity index (χ3v) is 6.11. The summed E-state index contributed by atoms with van der Waals surface area (Å²) in [4.78, 5) is 16.6. The molecule has 0 atom stereocenters. The lowest BCUT2D eigenvalue weighted by atomic mass is 10.2. The number of amides is 1. The van der Waals surface area contributed by atoms with Crippen molar-refractivity contribution in [2.75, 3.05) is 11.1 Å². The summed E-state index contributed by atoms with van der Waals surface area (Å²) in [5.74, 6) is 0.685. The molecule has 3 heterocycles. The molecule has 0 fully saturated rings. The number of pyridine rings is 1. The van der Waals surface area contributed by atoms with Crippen molar-refractivity contribution >= 4 is 34.1 Å². The van der Waals surface area contributed by atoms with E-state index in [1.54, 1.807) is 12.4 Å². The quantitative estimate of drug-likeness (QED) is 0.439. The number of carbonyl (C=O) groups excluding carboxylic acids is 1. The molecule has 0 bridgehead atoms. The van der Waals surface area contributed by atoms with E-state index in [2.05, 4.69) is 30.7 Å². The molecule has 0 aliphatic rings. The van der Waals surface area contributed by atoms with E-state index in [9.17, 15) is 4.79 Å². The highest BCUT2D eigenvalue weighted by molar-refractivity contribution is 7.99. The summed E-state index contributed by atoms with van der Waals surface area (Å²) in [6.45, 7) is 4.04. The van der Waals surface area contributed by atoms with Crippen molar-refractivity contribution < 1.29 is 4.79 Å². The second kappa shape index (κ2) is 9.14. The summed E-state index contributed by atoms with van der Waals surface area (Å²) < 4.78 is 1.94. The van der Waals surface area contributed by atoms with Crippen LogP contribution in [0.3, 0.4) is 0 Å². The van der Waals surface area contributed by atoms with Gasteiger partial charge in [0.25, 0.3) is 0 Å². The molecular weight excluding hydrogens is 418 g/mol. The SMILES string of the molecule is CCc1nnc(NC(=O)CSc2nnc(-c3cccnc3)n2-c2ccc(C)cc2)s1. The first-order chi connectivity index (χ1) is 14.6. The van der Waals surface area contributed by atoms with Gasteiger partial charge in [0.2, 0.25) is 11.0 Å². The lowest BCUT2D eigenvalue weighted by molar-refractivity contribution is -0.113. The van der Waals surface area contributed by atoms with E-state index in [4.69, 9.17) is 0 Å². The monoisotopic (exact) mass is 437 g/mol. The Morgan fingerprint density at radius 3 is 2.67 bits per heavy atom. The fourth-order valence-corrected chi connectivity index (χ4v) is 4.15. The molecule has 0 radical (unpaired) electrons. The minimum Gasteiger partial charge on any atom is -0.300 e. The highest BCUT2D eigenvalue weighted by Gasteiger charge is 2.18.